The Morgan fingerprint density at radius 1 is 1.67 bits per heavy atom. The van der Waals surface area contributed by atoms with Crippen molar-refractivity contribution in [2.45, 2.75) is 11.8 Å². The maximum atomic E-state index is 12.4. The van der Waals surface area contributed by atoms with Gasteiger partial charge in [-0.15, -0.1) is 0 Å². The summed E-state index contributed by atoms with van der Waals surface area (Å²) in [5.41, 5.74) is 4.57. The van der Waals surface area contributed by atoms with Crippen molar-refractivity contribution in [2.24, 2.45) is 0 Å². The first-order valence-electron chi connectivity index (χ1n) is 3.84. The lowest BCUT2D eigenvalue weighted by Gasteiger charge is -2.08. The summed E-state index contributed by atoms with van der Waals surface area (Å²) in [7, 11) is 0. The van der Waals surface area contributed by atoms with Crippen LogP contribution in [0.15, 0.2) is 6.07 Å². The van der Waals surface area contributed by atoms with Gasteiger partial charge < -0.3 is 10.8 Å². The monoisotopic (exact) mass is 280 g/mol. The van der Waals surface area contributed by atoms with E-state index in [2.05, 4.69) is 20.9 Å². The fraction of sp³-hybridized carbons (Fsp3) is 0.250. The number of halogens is 3. The number of hydrogen-bond acceptors (Lipinski definition) is 3. The van der Waals surface area contributed by atoms with Crippen LogP contribution in [0.5, 0.6) is 0 Å². The topological polar surface area (TPSA) is 76.2 Å². The van der Waals surface area contributed by atoms with Crippen LogP contribution in [0.4, 0.5) is 14.6 Å². The lowest BCUT2D eigenvalue weighted by Crippen LogP contribution is -2.09. The van der Waals surface area contributed by atoms with E-state index in [1.54, 1.807) is 0 Å². The van der Waals surface area contributed by atoms with Gasteiger partial charge in [0.2, 0.25) is 0 Å². The SMILES string of the molecule is Nc1nc(CBr)c(C(=O)O)cc1C(F)F. The van der Waals surface area contributed by atoms with E-state index < -0.39 is 18.0 Å². The molecule has 0 saturated carbocycles. The van der Waals surface area contributed by atoms with Gasteiger partial charge >= 0.3 is 5.97 Å². The van der Waals surface area contributed by atoms with Crippen LogP contribution in [0.2, 0.25) is 0 Å². The number of aromatic nitrogens is 1. The Morgan fingerprint density at radius 3 is 2.67 bits per heavy atom. The molecule has 0 amide bonds. The molecule has 0 fully saturated rings. The highest BCUT2D eigenvalue weighted by molar-refractivity contribution is 9.08. The van der Waals surface area contributed by atoms with Gasteiger partial charge in [0.05, 0.1) is 16.8 Å². The zero-order valence-electron chi connectivity index (χ0n) is 7.38. The molecule has 0 aliphatic heterocycles. The Kier molecular flexibility index (Phi) is 3.57. The standard InChI is InChI=1S/C8H7BrF2N2O2/c9-2-5-3(8(14)15)1-4(6(10)11)7(12)13-5/h1,6H,2H2,(H2,12,13)(H,14,15). The first kappa shape index (κ1) is 11.8. The van der Waals surface area contributed by atoms with Crippen LogP contribution in [-0.2, 0) is 5.33 Å². The number of pyridine rings is 1. The molecule has 0 radical (unpaired) electrons. The maximum Gasteiger partial charge on any atom is 0.337 e. The van der Waals surface area contributed by atoms with Gasteiger partial charge in [0.1, 0.15) is 5.82 Å². The second-order valence-electron chi connectivity index (χ2n) is 2.70. The molecule has 1 rings (SSSR count). The number of hydrogen-bond donors (Lipinski definition) is 2. The Morgan fingerprint density at radius 2 is 2.27 bits per heavy atom. The highest BCUT2D eigenvalue weighted by Crippen LogP contribution is 2.26. The molecule has 0 unspecified atom stereocenters. The summed E-state index contributed by atoms with van der Waals surface area (Å²) in [5.74, 6) is -1.65. The van der Waals surface area contributed by atoms with E-state index in [0.29, 0.717) is 0 Å². The molecule has 0 bridgehead atoms. The zero-order chi connectivity index (χ0) is 11.6. The van der Waals surface area contributed by atoms with E-state index in [-0.39, 0.29) is 22.4 Å². The number of carbonyl (C=O) groups is 1. The molecule has 15 heavy (non-hydrogen) atoms. The molecule has 0 saturated heterocycles. The van der Waals surface area contributed by atoms with Gasteiger partial charge in [-0.1, -0.05) is 15.9 Å². The summed E-state index contributed by atoms with van der Waals surface area (Å²) in [4.78, 5) is 14.3. The van der Waals surface area contributed by atoms with E-state index in [1.807, 2.05) is 0 Å². The molecule has 82 valence electrons. The van der Waals surface area contributed by atoms with Crippen LogP contribution in [0.1, 0.15) is 28.0 Å². The van der Waals surface area contributed by atoms with Crippen molar-refractivity contribution in [1.82, 2.24) is 4.98 Å². The Hall–Kier alpha value is -1.24. The minimum atomic E-state index is -2.83. The Labute approximate surface area is 92.2 Å². The summed E-state index contributed by atoms with van der Waals surface area (Å²) in [6, 6.07) is 0.853. The van der Waals surface area contributed by atoms with E-state index >= 15 is 0 Å². The van der Waals surface area contributed by atoms with E-state index in [4.69, 9.17) is 10.8 Å². The normalized spacial score (nSPS) is 10.7. The summed E-state index contributed by atoms with van der Waals surface area (Å²) >= 11 is 3.00. The number of nitrogens with two attached hydrogens (primary N) is 1. The van der Waals surface area contributed by atoms with Gasteiger partial charge in [-0.3, -0.25) is 0 Å². The molecule has 0 aromatic carbocycles. The van der Waals surface area contributed by atoms with Gasteiger partial charge in [0.25, 0.3) is 6.43 Å². The summed E-state index contributed by atoms with van der Waals surface area (Å²) in [6.07, 6.45) is -2.83. The lowest BCUT2D eigenvalue weighted by atomic mass is 10.1. The third-order valence-corrected chi connectivity index (χ3v) is 2.29. The second-order valence-corrected chi connectivity index (χ2v) is 3.26. The summed E-state index contributed by atoms with van der Waals surface area (Å²) < 4.78 is 24.8. The van der Waals surface area contributed by atoms with E-state index in [0.717, 1.165) is 6.07 Å². The molecule has 0 aliphatic rings. The van der Waals surface area contributed by atoms with E-state index in [1.165, 1.54) is 0 Å². The molecule has 1 aromatic heterocycles. The third-order valence-electron chi connectivity index (χ3n) is 1.75. The summed E-state index contributed by atoms with van der Waals surface area (Å²) in [6.45, 7) is 0. The van der Waals surface area contributed by atoms with Crippen LogP contribution < -0.4 is 5.73 Å². The van der Waals surface area contributed by atoms with Crippen molar-refractivity contribution in [2.75, 3.05) is 5.73 Å². The molecule has 1 heterocycles. The van der Waals surface area contributed by atoms with Crippen molar-refractivity contribution in [3.63, 3.8) is 0 Å². The van der Waals surface area contributed by atoms with Crippen LogP contribution in [0, 0.1) is 0 Å². The molecule has 3 N–H and O–H groups in total. The first-order valence-corrected chi connectivity index (χ1v) is 4.96. The first-order chi connectivity index (χ1) is 6.97. The highest BCUT2D eigenvalue weighted by Gasteiger charge is 2.19. The van der Waals surface area contributed by atoms with Crippen molar-refractivity contribution < 1.29 is 18.7 Å². The molecular formula is C8H7BrF2N2O2. The van der Waals surface area contributed by atoms with Crippen molar-refractivity contribution >= 4 is 27.7 Å². The number of carboxylic acids is 1. The molecule has 0 spiro atoms. The van der Waals surface area contributed by atoms with Gasteiger partial charge in [-0.05, 0) is 6.07 Å². The Bertz CT molecular complexity index is 398. The maximum absolute atomic E-state index is 12.4. The molecule has 4 nitrogen and oxygen atoms in total. The third kappa shape index (κ3) is 2.41. The van der Waals surface area contributed by atoms with Gasteiger partial charge in [-0.25, -0.2) is 18.6 Å². The Balaban J connectivity index is 3.37. The number of alkyl halides is 3. The van der Waals surface area contributed by atoms with Gasteiger partial charge in [-0.2, -0.15) is 0 Å². The lowest BCUT2D eigenvalue weighted by molar-refractivity contribution is 0.0695. The quantitative estimate of drug-likeness (QED) is 0.833. The largest absolute Gasteiger partial charge is 0.478 e. The molecule has 0 atom stereocenters. The molecule has 0 aliphatic carbocycles. The van der Waals surface area contributed by atoms with Gasteiger partial charge in [0.15, 0.2) is 0 Å². The number of nitrogen functional groups attached to an aromatic ring is 1. The van der Waals surface area contributed by atoms with Crippen LogP contribution in [0.25, 0.3) is 0 Å². The zero-order valence-corrected chi connectivity index (χ0v) is 8.96. The van der Waals surface area contributed by atoms with E-state index in [9.17, 15) is 13.6 Å². The number of aromatic carboxylic acids is 1. The molecule has 7 heteroatoms. The summed E-state index contributed by atoms with van der Waals surface area (Å²) in [5, 5.41) is 8.89. The number of rotatable bonds is 3. The molecule has 1 aromatic rings. The minimum Gasteiger partial charge on any atom is -0.478 e. The minimum absolute atomic E-state index is 0.129. The van der Waals surface area contributed by atoms with Crippen LogP contribution in [0.3, 0.4) is 0 Å². The molecular weight excluding hydrogens is 274 g/mol. The van der Waals surface area contributed by atoms with Gasteiger partial charge in [0, 0.05) is 5.33 Å². The number of carboxylic acid groups (broad SMARTS) is 1. The van der Waals surface area contributed by atoms with Crippen LogP contribution in [-0.4, -0.2) is 16.1 Å². The predicted octanol–water partition coefficient (Wildman–Crippen LogP) is 2.19. The fourth-order valence-electron chi connectivity index (χ4n) is 1.04. The van der Waals surface area contributed by atoms with Crippen LogP contribution >= 0.6 is 15.9 Å². The average molecular weight is 281 g/mol. The van der Waals surface area contributed by atoms with Crippen molar-refractivity contribution in [1.29, 1.82) is 0 Å². The smallest absolute Gasteiger partial charge is 0.337 e. The number of anilines is 1. The van der Waals surface area contributed by atoms with Crippen molar-refractivity contribution in [3.05, 3.63) is 22.9 Å². The average Bonchev–Trinajstić information content (AvgIpc) is 2.16. The number of nitrogens with zero attached hydrogens (tertiary/aromatic N) is 1. The van der Waals surface area contributed by atoms with Crippen molar-refractivity contribution in [3.8, 4) is 0 Å². The highest BCUT2D eigenvalue weighted by atomic mass is 79.9. The second kappa shape index (κ2) is 4.52. The fourth-order valence-corrected chi connectivity index (χ4v) is 1.47. The predicted molar refractivity (Wildman–Crippen MR) is 53.2 cm³/mol.